The number of carbonyl (C=O) groups is 1. The molecule has 0 aliphatic rings. The van der Waals surface area contributed by atoms with Crippen LogP contribution < -0.4 is 5.73 Å². The molecule has 0 aliphatic carbocycles. The Labute approximate surface area is 119 Å². The molecule has 1 aromatic rings. The molecule has 0 fully saturated rings. The molecule has 0 aliphatic heterocycles. The number of nitrogen functional groups attached to an aromatic ring is 1. The Balaban J connectivity index is 2.50. The summed E-state index contributed by atoms with van der Waals surface area (Å²) in [6.45, 7) is 3.33. The van der Waals surface area contributed by atoms with Crippen LogP contribution in [0, 0.1) is 0 Å². The first-order valence-electron chi connectivity index (χ1n) is 7.18. The summed E-state index contributed by atoms with van der Waals surface area (Å²) in [4.78, 5) is 13.9. The molecule has 0 aromatic carbocycles. The second kappa shape index (κ2) is 9.30. The van der Waals surface area contributed by atoms with Crippen molar-refractivity contribution in [3.63, 3.8) is 0 Å². The Morgan fingerprint density at radius 1 is 1.20 bits per heavy atom. The van der Waals surface area contributed by atoms with Crippen molar-refractivity contribution in [1.29, 1.82) is 0 Å². The van der Waals surface area contributed by atoms with Gasteiger partial charge in [-0.3, -0.25) is 4.79 Å². The number of nitrogens with two attached hydrogens (primary N) is 1. The highest BCUT2D eigenvalue weighted by atomic mass is 16.6. The highest BCUT2D eigenvalue weighted by molar-refractivity contribution is 5.96. The quantitative estimate of drug-likeness (QED) is 0.630. The Morgan fingerprint density at radius 2 is 1.90 bits per heavy atom. The molecule has 114 valence electrons. The van der Waals surface area contributed by atoms with Crippen molar-refractivity contribution >= 4 is 11.7 Å². The van der Waals surface area contributed by atoms with Crippen LogP contribution in [0.15, 0.2) is 4.63 Å². The number of aliphatic hydroxyl groups is 1. The van der Waals surface area contributed by atoms with Crippen molar-refractivity contribution in [2.75, 3.05) is 25.4 Å². The van der Waals surface area contributed by atoms with Crippen molar-refractivity contribution in [2.24, 2.45) is 0 Å². The largest absolute Gasteiger partial charge is 0.396 e. The zero-order valence-corrected chi connectivity index (χ0v) is 12.0. The summed E-state index contributed by atoms with van der Waals surface area (Å²) < 4.78 is 4.46. The van der Waals surface area contributed by atoms with Crippen LogP contribution >= 0.6 is 0 Å². The minimum absolute atomic E-state index is 0.00924. The van der Waals surface area contributed by atoms with E-state index >= 15 is 0 Å². The topological polar surface area (TPSA) is 105 Å². The summed E-state index contributed by atoms with van der Waals surface area (Å²) in [5, 5.41) is 15.9. The molecule has 20 heavy (non-hydrogen) atoms. The van der Waals surface area contributed by atoms with Crippen LogP contribution in [-0.4, -0.2) is 45.9 Å². The Kier molecular flexibility index (Phi) is 7.64. The van der Waals surface area contributed by atoms with Gasteiger partial charge in [-0.1, -0.05) is 32.6 Å². The maximum atomic E-state index is 12.3. The fourth-order valence-electron chi connectivity index (χ4n) is 1.98. The van der Waals surface area contributed by atoms with Gasteiger partial charge in [0.25, 0.3) is 5.91 Å². The molecule has 0 unspecified atom stereocenters. The molecule has 1 amide bonds. The zero-order chi connectivity index (χ0) is 14.8. The van der Waals surface area contributed by atoms with Gasteiger partial charge in [-0.2, -0.15) is 0 Å². The van der Waals surface area contributed by atoms with E-state index in [-0.39, 0.29) is 24.0 Å². The van der Waals surface area contributed by atoms with E-state index in [0.717, 1.165) is 12.8 Å². The molecule has 0 bridgehead atoms. The molecule has 1 heterocycles. The number of aromatic nitrogens is 2. The van der Waals surface area contributed by atoms with Crippen molar-refractivity contribution in [2.45, 2.75) is 45.4 Å². The number of rotatable bonds is 10. The Bertz CT molecular complexity index is 395. The minimum atomic E-state index is -0.285. The van der Waals surface area contributed by atoms with Crippen molar-refractivity contribution in [3.8, 4) is 0 Å². The highest BCUT2D eigenvalue weighted by Crippen LogP contribution is 2.11. The van der Waals surface area contributed by atoms with Crippen LogP contribution in [0.3, 0.4) is 0 Å². The van der Waals surface area contributed by atoms with Gasteiger partial charge in [0.2, 0.25) is 11.5 Å². The van der Waals surface area contributed by atoms with E-state index < -0.39 is 0 Å². The second-order valence-electron chi connectivity index (χ2n) is 4.78. The first-order valence-corrected chi connectivity index (χ1v) is 7.18. The maximum absolute atomic E-state index is 12.3. The number of hydrogen-bond donors (Lipinski definition) is 2. The normalized spacial score (nSPS) is 10.7. The van der Waals surface area contributed by atoms with Crippen LogP contribution in [0.4, 0.5) is 5.82 Å². The van der Waals surface area contributed by atoms with Crippen molar-refractivity contribution < 1.29 is 14.5 Å². The lowest BCUT2D eigenvalue weighted by molar-refractivity contribution is 0.0731. The van der Waals surface area contributed by atoms with Gasteiger partial charge in [0.05, 0.1) is 0 Å². The fourth-order valence-corrected chi connectivity index (χ4v) is 1.98. The monoisotopic (exact) mass is 284 g/mol. The molecule has 3 N–H and O–H groups in total. The standard InChI is InChI=1S/C13H24N4O3/c1-2-3-4-5-6-8-17(9-7-10-18)13(19)11-12(14)16-20-15-11/h18H,2-10H2,1H3,(H2,14,16). The van der Waals surface area contributed by atoms with Crippen LogP contribution in [0.25, 0.3) is 0 Å². The molecular weight excluding hydrogens is 260 g/mol. The first kappa shape index (κ1) is 16.4. The Hall–Kier alpha value is -1.63. The molecule has 1 rings (SSSR count). The summed E-state index contributed by atoms with van der Waals surface area (Å²) in [7, 11) is 0. The second-order valence-corrected chi connectivity index (χ2v) is 4.78. The van der Waals surface area contributed by atoms with Gasteiger partial charge in [0, 0.05) is 19.7 Å². The Morgan fingerprint density at radius 3 is 2.50 bits per heavy atom. The number of nitrogens with zero attached hydrogens (tertiary/aromatic N) is 3. The lowest BCUT2D eigenvalue weighted by atomic mass is 10.1. The zero-order valence-electron chi connectivity index (χ0n) is 12.0. The third-order valence-electron chi connectivity index (χ3n) is 3.12. The van der Waals surface area contributed by atoms with Crippen LogP contribution in [0.1, 0.15) is 55.9 Å². The molecule has 0 radical (unpaired) electrons. The summed E-state index contributed by atoms with van der Waals surface area (Å²) in [6.07, 6.45) is 6.13. The van der Waals surface area contributed by atoms with Crippen LogP contribution in [0.5, 0.6) is 0 Å². The smallest absolute Gasteiger partial charge is 0.280 e. The number of unbranched alkanes of at least 4 members (excludes halogenated alkanes) is 4. The van der Waals surface area contributed by atoms with Gasteiger partial charge in [0.1, 0.15) is 0 Å². The number of hydrogen-bond acceptors (Lipinski definition) is 6. The molecule has 0 atom stereocenters. The molecule has 7 heteroatoms. The summed E-state index contributed by atoms with van der Waals surface area (Å²) in [5.41, 5.74) is 5.59. The summed E-state index contributed by atoms with van der Waals surface area (Å²) in [6, 6.07) is 0. The lowest BCUT2D eigenvalue weighted by Crippen LogP contribution is -2.34. The third kappa shape index (κ3) is 5.16. The average Bonchev–Trinajstić information content (AvgIpc) is 2.87. The van der Waals surface area contributed by atoms with Gasteiger partial charge < -0.3 is 15.7 Å². The van der Waals surface area contributed by atoms with E-state index in [1.54, 1.807) is 4.90 Å². The number of amides is 1. The SMILES string of the molecule is CCCCCCCN(CCCO)C(=O)c1nonc1N. The minimum Gasteiger partial charge on any atom is -0.396 e. The van der Waals surface area contributed by atoms with E-state index in [0.29, 0.717) is 19.5 Å². The molecule has 0 saturated heterocycles. The summed E-state index contributed by atoms with van der Waals surface area (Å²) >= 11 is 0. The van der Waals surface area contributed by atoms with Crippen molar-refractivity contribution in [3.05, 3.63) is 5.69 Å². The first-order chi connectivity index (χ1) is 9.70. The number of anilines is 1. The molecular formula is C13H24N4O3. The van der Waals surface area contributed by atoms with Crippen LogP contribution in [-0.2, 0) is 0 Å². The van der Waals surface area contributed by atoms with E-state index in [1.807, 2.05) is 0 Å². The highest BCUT2D eigenvalue weighted by Gasteiger charge is 2.22. The van der Waals surface area contributed by atoms with Crippen molar-refractivity contribution in [1.82, 2.24) is 15.2 Å². The molecule has 7 nitrogen and oxygen atoms in total. The van der Waals surface area contributed by atoms with E-state index in [4.69, 9.17) is 10.8 Å². The van der Waals surface area contributed by atoms with E-state index in [1.165, 1.54) is 19.3 Å². The molecule has 0 spiro atoms. The summed E-state index contributed by atoms with van der Waals surface area (Å²) in [5.74, 6) is -0.275. The average molecular weight is 284 g/mol. The van der Waals surface area contributed by atoms with Gasteiger partial charge in [-0.15, -0.1) is 0 Å². The van der Waals surface area contributed by atoms with Gasteiger partial charge in [-0.05, 0) is 23.2 Å². The van der Waals surface area contributed by atoms with Gasteiger partial charge >= 0.3 is 0 Å². The van der Waals surface area contributed by atoms with Gasteiger partial charge in [0.15, 0.2) is 0 Å². The van der Waals surface area contributed by atoms with E-state index in [9.17, 15) is 4.79 Å². The molecule has 0 saturated carbocycles. The lowest BCUT2D eigenvalue weighted by Gasteiger charge is -2.21. The molecule has 1 aromatic heterocycles. The van der Waals surface area contributed by atoms with E-state index in [2.05, 4.69) is 21.9 Å². The third-order valence-corrected chi connectivity index (χ3v) is 3.12. The number of carbonyl (C=O) groups excluding carboxylic acids is 1. The predicted octanol–water partition coefficient (Wildman–Crippen LogP) is 1.45. The van der Waals surface area contributed by atoms with Crippen LogP contribution in [0.2, 0.25) is 0 Å². The fraction of sp³-hybridized carbons (Fsp3) is 0.769. The van der Waals surface area contributed by atoms with Gasteiger partial charge in [-0.25, -0.2) is 4.63 Å². The predicted molar refractivity (Wildman–Crippen MR) is 75.1 cm³/mol. The number of aliphatic hydroxyl groups excluding tert-OH is 1. The maximum Gasteiger partial charge on any atom is 0.280 e.